The van der Waals surface area contributed by atoms with Gasteiger partial charge in [0.25, 0.3) is 0 Å². The van der Waals surface area contributed by atoms with E-state index in [-0.39, 0.29) is 0 Å². The minimum Gasteiger partial charge on any atom is -0.478 e. The first-order valence-electron chi connectivity index (χ1n) is 4.72. The van der Waals surface area contributed by atoms with Crippen molar-refractivity contribution in [3.8, 4) is 5.88 Å². The van der Waals surface area contributed by atoms with Gasteiger partial charge in [0, 0.05) is 18.3 Å². The molecular formula is C10H14N2O. The Kier molecular flexibility index (Phi) is 2.45. The molecule has 0 radical (unpaired) electrons. The Labute approximate surface area is 78.1 Å². The molecule has 0 spiro atoms. The zero-order chi connectivity index (χ0) is 9.10. The van der Waals surface area contributed by atoms with E-state index in [1.165, 1.54) is 12.0 Å². The second-order valence-corrected chi connectivity index (χ2v) is 3.16. The molecule has 1 N–H and O–H groups in total. The number of pyridine rings is 1. The lowest BCUT2D eigenvalue weighted by atomic mass is 10.00. The average molecular weight is 178 g/mol. The van der Waals surface area contributed by atoms with Crippen LogP contribution in [0.2, 0.25) is 0 Å². The lowest BCUT2D eigenvalue weighted by molar-refractivity contribution is 0.325. The molecule has 2 heterocycles. The van der Waals surface area contributed by atoms with E-state index in [0.29, 0.717) is 18.5 Å². The molecule has 0 aromatic carbocycles. The summed E-state index contributed by atoms with van der Waals surface area (Å²) in [5, 5.41) is 3.33. The third-order valence-electron chi connectivity index (χ3n) is 2.28. The van der Waals surface area contributed by atoms with E-state index >= 15 is 0 Å². The maximum Gasteiger partial charge on any atom is 0.213 e. The first-order chi connectivity index (χ1) is 6.40. The SMILES string of the molecule is CCOc1ccc([C@@H]2CCN2)cn1. The van der Waals surface area contributed by atoms with Crippen molar-refractivity contribution < 1.29 is 4.74 Å². The van der Waals surface area contributed by atoms with E-state index in [9.17, 15) is 0 Å². The topological polar surface area (TPSA) is 34.1 Å². The highest BCUT2D eigenvalue weighted by Gasteiger charge is 2.18. The summed E-state index contributed by atoms with van der Waals surface area (Å²) in [5.74, 6) is 0.713. The molecule has 3 heteroatoms. The Balaban J connectivity index is 2.04. The molecule has 3 nitrogen and oxygen atoms in total. The second-order valence-electron chi connectivity index (χ2n) is 3.16. The van der Waals surface area contributed by atoms with Gasteiger partial charge in [-0.3, -0.25) is 0 Å². The van der Waals surface area contributed by atoms with Crippen molar-refractivity contribution in [1.29, 1.82) is 0 Å². The van der Waals surface area contributed by atoms with Crippen LogP contribution in [0.3, 0.4) is 0 Å². The molecule has 1 atom stereocenters. The van der Waals surface area contributed by atoms with Crippen LogP contribution >= 0.6 is 0 Å². The van der Waals surface area contributed by atoms with Gasteiger partial charge < -0.3 is 10.1 Å². The Morgan fingerprint density at radius 2 is 2.46 bits per heavy atom. The number of nitrogens with one attached hydrogen (secondary N) is 1. The predicted octanol–water partition coefficient (Wildman–Crippen LogP) is 1.51. The van der Waals surface area contributed by atoms with E-state index in [1.807, 2.05) is 19.2 Å². The van der Waals surface area contributed by atoms with Crippen LogP contribution in [-0.4, -0.2) is 18.1 Å². The highest BCUT2D eigenvalue weighted by atomic mass is 16.5. The van der Waals surface area contributed by atoms with Crippen molar-refractivity contribution in [3.63, 3.8) is 0 Å². The van der Waals surface area contributed by atoms with Gasteiger partial charge in [0.05, 0.1) is 6.61 Å². The molecule has 0 amide bonds. The fourth-order valence-corrected chi connectivity index (χ4v) is 1.40. The van der Waals surface area contributed by atoms with Crippen molar-refractivity contribution in [2.45, 2.75) is 19.4 Å². The molecule has 1 fully saturated rings. The lowest BCUT2D eigenvalue weighted by Crippen LogP contribution is -2.34. The molecule has 0 saturated carbocycles. The van der Waals surface area contributed by atoms with Gasteiger partial charge in [0.15, 0.2) is 0 Å². The van der Waals surface area contributed by atoms with E-state index in [2.05, 4.69) is 16.4 Å². The molecule has 2 rings (SSSR count). The summed E-state index contributed by atoms with van der Waals surface area (Å²) >= 11 is 0. The van der Waals surface area contributed by atoms with Crippen LogP contribution in [0.25, 0.3) is 0 Å². The second kappa shape index (κ2) is 3.75. The van der Waals surface area contributed by atoms with Crippen molar-refractivity contribution in [1.82, 2.24) is 10.3 Å². The molecule has 1 aliphatic rings. The van der Waals surface area contributed by atoms with Gasteiger partial charge in [-0.1, -0.05) is 6.07 Å². The van der Waals surface area contributed by atoms with Crippen LogP contribution in [0.4, 0.5) is 0 Å². The molecule has 1 aromatic rings. The Hall–Kier alpha value is -1.09. The summed E-state index contributed by atoms with van der Waals surface area (Å²) in [5.41, 5.74) is 1.26. The Morgan fingerprint density at radius 3 is 2.92 bits per heavy atom. The molecule has 1 saturated heterocycles. The monoisotopic (exact) mass is 178 g/mol. The molecule has 0 unspecified atom stereocenters. The minimum atomic E-state index is 0.517. The summed E-state index contributed by atoms with van der Waals surface area (Å²) in [6, 6.07) is 4.52. The number of nitrogens with zero attached hydrogens (tertiary/aromatic N) is 1. The van der Waals surface area contributed by atoms with Crippen LogP contribution in [0.1, 0.15) is 24.9 Å². The zero-order valence-corrected chi connectivity index (χ0v) is 7.79. The standard InChI is InChI=1S/C10H14N2O/c1-2-13-10-4-3-8(7-12-10)9-5-6-11-9/h3-4,7,9,11H,2,5-6H2,1H3/t9-/m0/s1. The van der Waals surface area contributed by atoms with Crippen LogP contribution in [0, 0.1) is 0 Å². The van der Waals surface area contributed by atoms with Gasteiger partial charge in [-0.25, -0.2) is 4.98 Å². The first-order valence-corrected chi connectivity index (χ1v) is 4.72. The summed E-state index contributed by atoms with van der Waals surface area (Å²) < 4.78 is 5.26. The van der Waals surface area contributed by atoms with Crippen molar-refractivity contribution in [2.75, 3.05) is 13.2 Å². The number of aromatic nitrogens is 1. The summed E-state index contributed by atoms with van der Waals surface area (Å²) in [7, 11) is 0. The van der Waals surface area contributed by atoms with Crippen LogP contribution in [0.15, 0.2) is 18.3 Å². The smallest absolute Gasteiger partial charge is 0.213 e. The molecule has 0 bridgehead atoms. The van der Waals surface area contributed by atoms with Gasteiger partial charge >= 0.3 is 0 Å². The van der Waals surface area contributed by atoms with E-state index in [1.54, 1.807) is 0 Å². The van der Waals surface area contributed by atoms with Gasteiger partial charge in [-0.2, -0.15) is 0 Å². The molecule has 70 valence electrons. The highest BCUT2D eigenvalue weighted by molar-refractivity contribution is 5.22. The number of rotatable bonds is 3. The van der Waals surface area contributed by atoms with E-state index in [4.69, 9.17) is 4.74 Å². The Morgan fingerprint density at radius 1 is 1.62 bits per heavy atom. The summed E-state index contributed by atoms with van der Waals surface area (Å²) in [6.07, 6.45) is 3.11. The highest BCUT2D eigenvalue weighted by Crippen LogP contribution is 2.22. The molecule has 1 aliphatic heterocycles. The van der Waals surface area contributed by atoms with Crippen molar-refractivity contribution >= 4 is 0 Å². The minimum absolute atomic E-state index is 0.517. The number of ether oxygens (including phenoxy) is 1. The van der Waals surface area contributed by atoms with Gasteiger partial charge in [0.1, 0.15) is 0 Å². The van der Waals surface area contributed by atoms with Crippen LogP contribution in [-0.2, 0) is 0 Å². The molecular weight excluding hydrogens is 164 g/mol. The van der Waals surface area contributed by atoms with Crippen LogP contribution < -0.4 is 10.1 Å². The summed E-state index contributed by atoms with van der Waals surface area (Å²) in [6.45, 7) is 3.76. The maximum atomic E-state index is 5.26. The average Bonchev–Trinajstić information content (AvgIpc) is 2.06. The maximum absolute atomic E-state index is 5.26. The van der Waals surface area contributed by atoms with Crippen molar-refractivity contribution in [3.05, 3.63) is 23.9 Å². The van der Waals surface area contributed by atoms with Crippen LogP contribution in [0.5, 0.6) is 5.88 Å². The largest absolute Gasteiger partial charge is 0.478 e. The first kappa shape index (κ1) is 8.51. The summed E-state index contributed by atoms with van der Waals surface area (Å²) in [4.78, 5) is 4.21. The number of hydrogen-bond acceptors (Lipinski definition) is 3. The molecule has 1 aromatic heterocycles. The predicted molar refractivity (Wildman–Crippen MR) is 50.8 cm³/mol. The zero-order valence-electron chi connectivity index (χ0n) is 7.79. The fourth-order valence-electron chi connectivity index (χ4n) is 1.40. The van der Waals surface area contributed by atoms with Gasteiger partial charge in [-0.15, -0.1) is 0 Å². The quantitative estimate of drug-likeness (QED) is 0.762. The van der Waals surface area contributed by atoms with Gasteiger partial charge in [-0.05, 0) is 25.5 Å². The third-order valence-corrected chi connectivity index (χ3v) is 2.28. The lowest BCUT2D eigenvalue weighted by Gasteiger charge is -2.27. The Bertz CT molecular complexity index is 267. The van der Waals surface area contributed by atoms with E-state index in [0.717, 1.165) is 6.54 Å². The molecule has 13 heavy (non-hydrogen) atoms. The van der Waals surface area contributed by atoms with Crippen molar-refractivity contribution in [2.24, 2.45) is 0 Å². The third kappa shape index (κ3) is 1.80. The van der Waals surface area contributed by atoms with Gasteiger partial charge in [0.2, 0.25) is 5.88 Å². The fraction of sp³-hybridized carbons (Fsp3) is 0.500. The number of hydrogen-bond donors (Lipinski definition) is 1. The molecule has 0 aliphatic carbocycles. The van der Waals surface area contributed by atoms with E-state index < -0.39 is 0 Å². The normalized spacial score (nSPS) is 20.8.